The molecule has 3 aromatic rings. The number of allylic oxidation sites excluding steroid dienone is 1. The van der Waals surface area contributed by atoms with Crippen LogP contribution in [0.4, 0.5) is 5.69 Å². The Labute approximate surface area is 176 Å². The molecule has 30 heavy (non-hydrogen) atoms. The summed E-state index contributed by atoms with van der Waals surface area (Å²) in [6.45, 7) is 6.95. The second kappa shape index (κ2) is 7.49. The summed E-state index contributed by atoms with van der Waals surface area (Å²) in [5.74, 6) is -0.254. The minimum absolute atomic E-state index is 0.238. The summed E-state index contributed by atoms with van der Waals surface area (Å²) in [6, 6.07) is 12.4. The Morgan fingerprint density at radius 2 is 2.00 bits per heavy atom. The first-order valence-corrected chi connectivity index (χ1v) is 11.6. The highest BCUT2D eigenvalue weighted by molar-refractivity contribution is 7.85. The highest BCUT2D eigenvalue weighted by Gasteiger charge is 2.44. The van der Waals surface area contributed by atoms with Gasteiger partial charge in [-0.05, 0) is 32.9 Å². The van der Waals surface area contributed by atoms with Crippen LogP contribution in [0.1, 0.15) is 37.0 Å². The minimum Gasteiger partial charge on any atom is -0.286 e. The summed E-state index contributed by atoms with van der Waals surface area (Å²) < 4.78 is 33.8. The molecule has 1 aliphatic rings. The molecular weight excluding hydrogens is 398 g/mol. The van der Waals surface area contributed by atoms with E-state index in [1.54, 1.807) is 6.20 Å². The van der Waals surface area contributed by atoms with Crippen LogP contribution in [0.25, 0.3) is 17.0 Å². The molecule has 6 nitrogen and oxygen atoms in total. The Hall–Kier alpha value is -2.77. The Bertz CT molecular complexity index is 1280. The lowest BCUT2D eigenvalue weighted by atomic mass is 9.81. The summed E-state index contributed by atoms with van der Waals surface area (Å²) in [4.78, 5) is 0. The van der Waals surface area contributed by atoms with Gasteiger partial charge in [-0.15, -0.1) is 0 Å². The van der Waals surface area contributed by atoms with Crippen molar-refractivity contribution in [2.75, 3.05) is 12.3 Å². The first-order chi connectivity index (χ1) is 14.2. The van der Waals surface area contributed by atoms with Crippen molar-refractivity contribution in [3.8, 4) is 0 Å². The van der Waals surface area contributed by atoms with E-state index in [0.717, 1.165) is 27.9 Å². The fraction of sp³-hybridized carbons (Fsp3) is 0.304. The molecule has 7 heteroatoms. The van der Waals surface area contributed by atoms with Crippen molar-refractivity contribution < 1.29 is 17.5 Å². The van der Waals surface area contributed by atoms with E-state index in [4.69, 9.17) is 4.55 Å². The van der Waals surface area contributed by atoms with E-state index in [1.165, 1.54) is 11.1 Å². The fourth-order valence-electron chi connectivity index (χ4n) is 4.23. The highest BCUT2D eigenvalue weighted by atomic mass is 32.2. The van der Waals surface area contributed by atoms with E-state index in [9.17, 15) is 8.42 Å². The molecule has 0 unspecified atom stereocenters. The third-order valence-electron chi connectivity index (χ3n) is 5.76. The molecule has 0 radical (unpaired) electrons. The van der Waals surface area contributed by atoms with Crippen LogP contribution in [0, 0.1) is 6.92 Å². The molecule has 1 aliphatic heterocycles. The smallest absolute Gasteiger partial charge is 0.265 e. The zero-order valence-electron chi connectivity index (χ0n) is 17.4. The molecule has 0 fully saturated rings. The maximum atomic E-state index is 11.2. The van der Waals surface area contributed by atoms with Gasteiger partial charge in [0.05, 0.1) is 22.9 Å². The number of aryl methyl sites for hydroxylation is 1. The van der Waals surface area contributed by atoms with E-state index in [0.29, 0.717) is 13.0 Å². The number of nitrogens with one attached hydrogen (secondary N) is 1. The van der Waals surface area contributed by atoms with Gasteiger partial charge < -0.3 is 0 Å². The number of nitrogens with zero attached hydrogens (tertiary/aromatic N) is 2. The van der Waals surface area contributed by atoms with Crippen LogP contribution in [0.15, 0.2) is 48.7 Å². The van der Waals surface area contributed by atoms with Gasteiger partial charge in [-0.2, -0.15) is 18.1 Å². The number of hydrogen-bond donors (Lipinski definition) is 2. The van der Waals surface area contributed by atoms with Gasteiger partial charge in [0.1, 0.15) is 6.54 Å². The maximum absolute atomic E-state index is 11.2. The molecule has 0 saturated heterocycles. The number of benzene rings is 2. The maximum Gasteiger partial charge on any atom is 0.265 e. The lowest BCUT2D eigenvalue weighted by molar-refractivity contribution is -0.437. The van der Waals surface area contributed by atoms with Crippen molar-refractivity contribution in [3.63, 3.8) is 0 Å². The lowest BCUT2D eigenvalue weighted by Crippen LogP contribution is -2.28. The van der Waals surface area contributed by atoms with Gasteiger partial charge in [0, 0.05) is 35.1 Å². The van der Waals surface area contributed by atoms with Gasteiger partial charge in [0.15, 0.2) is 5.71 Å². The average Bonchev–Trinajstić information content (AvgIpc) is 3.22. The summed E-state index contributed by atoms with van der Waals surface area (Å²) in [5, 5.41) is 8.24. The van der Waals surface area contributed by atoms with Crippen molar-refractivity contribution >= 4 is 38.5 Å². The van der Waals surface area contributed by atoms with E-state index >= 15 is 0 Å². The molecule has 2 aromatic carbocycles. The van der Waals surface area contributed by atoms with Gasteiger partial charge in [0.25, 0.3) is 10.1 Å². The van der Waals surface area contributed by atoms with Gasteiger partial charge in [-0.3, -0.25) is 9.65 Å². The second-order valence-electron chi connectivity index (χ2n) is 8.34. The third-order valence-corrected chi connectivity index (χ3v) is 6.57. The van der Waals surface area contributed by atoms with E-state index in [-0.39, 0.29) is 11.2 Å². The van der Waals surface area contributed by atoms with Crippen LogP contribution in [0.3, 0.4) is 0 Å². The van der Waals surface area contributed by atoms with Crippen molar-refractivity contribution in [3.05, 3.63) is 65.4 Å². The summed E-state index contributed by atoms with van der Waals surface area (Å²) in [5.41, 5.74) is 6.36. The number of fused-ring (bicyclic) bond motifs is 2. The van der Waals surface area contributed by atoms with Gasteiger partial charge >= 0.3 is 0 Å². The molecule has 0 saturated carbocycles. The first kappa shape index (κ1) is 20.5. The van der Waals surface area contributed by atoms with Crippen LogP contribution < -0.4 is 0 Å². The quantitative estimate of drug-likeness (QED) is 0.458. The SMILES string of the molecule is Cc1ccc2c(c1)C(C)(C)C(/C=C/c1cccc3cn[nH]c13)=[N+]2CCCS(=O)(=O)O. The van der Waals surface area contributed by atoms with Crippen LogP contribution in [0.2, 0.25) is 0 Å². The number of H-pyrrole nitrogens is 1. The molecule has 0 amide bonds. The molecule has 0 atom stereocenters. The topological polar surface area (TPSA) is 86.1 Å². The van der Waals surface area contributed by atoms with Crippen LogP contribution in [0.5, 0.6) is 0 Å². The molecule has 156 valence electrons. The van der Waals surface area contributed by atoms with Crippen molar-refractivity contribution in [2.45, 2.75) is 32.6 Å². The van der Waals surface area contributed by atoms with Gasteiger partial charge in [-0.25, -0.2) is 0 Å². The molecule has 2 N–H and O–H groups in total. The van der Waals surface area contributed by atoms with Crippen LogP contribution >= 0.6 is 0 Å². The lowest BCUT2D eigenvalue weighted by Gasteiger charge is -2.16. The van der Waals surface area contributed by atoms with E-state index in [1.807, 2.05) is 18.2 Å². The molecule has 0 spiro atoms. The molecule has 1 aromatic heterocycles. The first-order valence-electron chi connectivity index (χ1n) is 9.98. The Balaban J connectivity index is 1.78. The fourth-order valence-corrected chi connectivity index (χ4v) is 4.73. The number of rotatable bonds is 6. The largest absolute Gasteiger partial charge is 0.286 e. The number of para-hydroxylation sites is 1. The van der Waals surface area contributed by atoms with Crippen molar-refractivity contribution in [2.24, 2.45) is 0 Å². The second-order valence-corrected chi connectivity index (χ2v) is 9.91. The summed E-state index contributed by atoms with van der Waals surface area (Å²) in [6.07, 6.45) is 6.33. The number of hydrogen-bond acceptors (Lipinski definition) is 3. The van der Waals surface area contributed by atoms with Crippen LogP contribution in [-0.2, 0) is 15.5 Å². The zero-order chi connectivity index (χ0) is 21.5. The Kier molecular flexibility index (Phi) is 5.11. The highest BCUT2D eigenvalue weighted by Crippen LogP contribution is 2.40. The molecule has 4 rings (SSSR count). The van der Waals surface area contributed by atoms with E-state index in [2.05, 4.69) is 65.9 Å². The average molecular weight is 425 g/mol. The Morgan fingerprint density at radius 3 is 2.77 bits per heavy atom. The third kappa shape index (κ3) is 3.82. The standard InChI is InChI=1S/C23H25N3O3S/c1-16-8-10-20-19(14-16)23(2,3)21(26(20)12-5-13-30(27,28)29)11-9-17-6-4-7-18-15-24-25-22(17)18/h4,6-11,14-15H,5,12-13H2,1-3H3,(H,27,28,29)/p+1. The zero-order valence-corrected chi connectivity index (χ0v) is 18.2. The summed E-state index contributed by atoms with van der Waals surface area (Å²) in [7, 11) is -3.98. The van der Waals surface area contributed by atoms with Crippen molar-refractivity contribution in [1.82, 2.24) is 10.2 Å². The Morgan fingerprint density at radius 1 is 1.20 bits per heavy atom. The predicted molar refractivity (Wildman–Crippen MR) is 120 cm³/mol. The molecule has 2 heterocycles. The number of aromatic amines is 1. The van der Waals surface area contributed by atoms with Gasteiger partial charge in [-0.1, -0.05) is 29.8 Å². The number of aromatic nitrogens is 2. The minimum atomic E-state index is -3.98. The molecular formula is C23H26N3O3S+. The van der Waals surface area contributed by atoms with Crippen molar-refractivity contribution in [1.29, 1.82) is 0 Å². The predicted octanol–water partition coefficient (Wildman–Crippen LogP) is 4.24. The monoisotopic (exact) mass is 424 g/mol. The molecule has 0 aliphatic carbocycles. The summed E-state index contributed by atoms with van der Waals surface area (Å²) >= 11 is 0. The van der Waals surface area contributed by atoms with Crippen LogP contribution in [-0.4, -0.2) is 45.8 Å². The van der Waals surface area contributed by atoms with E-state index < -0.39 is 10.1 Å². The molecule has 0 bridgehead atoms. The normalized spacial score (nSPS) is 16.0. The van der Waals surface area contributed by atoms with Gasteiger partial charge in [0.2, 0.25) is 5.69 Å².